The largest absolute Gasteiger partial charge is 0.479 e. The zero-order valence-corrected chi connectivity index (χ0v) is 14.9. The number of halogens is 1. The quantitative estimate of drug-likeness (QED) is 0.593. The number of hydrogen-bond donors (Lipinski definition) is 1. The van der Waals surface area contributed by atoms with Crippen LogP contribution in [0.15, 0.2) is 30.5 Å². The predicted molar refractivity (Wildman–Crippen MR) is 94.1 cm³/mol. The van der Waals surface area contributed by atoms with E-state index in [1.165, 1.54) is 18.2 Å². The minimum absolute atomic E-state index is 0.0681. The Hall–Kier alpha value is -2.61. The minimum Gasteiger partial charge on any atom is -0.479 e. The van der Waals surface area contributed by atoms with Gasteiger partial charge in [0.1, 0.15) is 11.6 Å². The number of carbonyl (C=O) groups is 1. The van der Waals surface area contributed by atoms with Gasteiger partial charge in [0.2, 0.25) is 0 Å². The number of nitro groups is 1. The molecule has 134 valence electrons. The van der Waals surface area contributed by atoms with Gasteiger partial charge < -0.3 is 10.1 Å². The highest BCUT2D eigenvalue weighted by Gasteiger charge is 2.20. The normalized spacial score (nSPS) is 13.1. The van der Waals surface area contributed by atoms with E-state index < -0.39 is 11.0 Å². The summed E-state index contributed by atoms with van der Waals surface area (Å²) in [4.78, 5) is 22.5. The molecule has 1 N–H and O–H groups in total. The van der Waals surface area contributed by atoms with Gasteiger partial charge in [-0.15, -0.1) is 0 Å². The molecule has 1 aromatic carbocycles. The molecule has 2 atom stereocenters. The highest BCUT2D eigenvalue weighted by atomic mass is 35.5. The summed E-state index contributed by atoms with van der Waals surface area (Å²) in [6.07, 6.45) is 1.63. The van der Waals surface area contributed by atoms with Crippen LogP contribution in [0.1, 0.15) is 33.2 Å². The topological polar surface area (TPSA) is 99.3 Å². The van der Waals surface area contributed by atoms with Crippen LogP contribution in [0.2, 0.25) is 5.02 Å². The van der Waals surface area contributed by atoms with Crippen molar-refractivity contribution in [3.8, 4) is 5.75 Å². The molecule has 0 aliphatic heterocycles. The first-order valence-corrected chi connectivity index (χ1v) is 8.16. The van der Waals surface area contributed by atoms with E-state index in [1.807, 2.05) is 13.8 Å². The highest BCUT2D eigenvalue weighted by Crippen LogP contribution is 2.29. The van der Waals surface area contributed by atoms with Crippen molar-refractivity contribution in [3.05, 3.63) is 45.6 Å². The molecule has 2 rings (SSSR count). The SMILES string of the molecule is CC[C@H](C)n1nccc1NC(=O)[C@H](C)Oc1ccc([N+](=O)[O-])cc1Cl. The maximum atomic E-state index is 12.3. The Bertz CT molecular complexity index is 777. The molecule has 1 heterocycles. The first kappa shape index (κ1) is 18.7. The number of ether oxygens (including phenoxy) is 1. The third-order valence-corrected chi connectivity index (χ3v) is 4.02. The number of non-ortho nitro benzene ring substituents is 1. The summed E-state index contributed by atoms with van der Waals surface area (Å²) in [5.74, 6) is 0.398. The van der Waals surface area contributed by atoms with Crippen LogP contribution in [0, 0.1) is 10.1 Å². The van der Waals surface area contributed by atoms with Crippen LogP contribution in [0.3, 0.4) is 0 Å². The Morgan fingerprint density at radius 1 is 1.44 bits per heavy atom. The number of anilines is 1. The molecule has 0 bridgehead atoms. The molecule has 0 aliphatic rings. The first-order chi connectivity index (χ1) is 11.8. The van der Waals surface area contributed by atoms with Gasteiger partial charge in [0.15, 0.2) is 6.10 Å². The van der Waals surface area contributed by atoms with E-state index in [-0.39, 0.29) is 28.4 Å². The molecule has 1 aromatic heterocycles. The third kappa shape index (κ3) is 4.48. The second-order valence-electron chi connectivity index (χ2n) is 5.54. The molecule has 0 spiro atoms. The Kier molecular flexibility index (Phi) is 5.97. The molecule has 0 radical (unpaired) electrons. The summed E-state index contributed by atoms with van der Waals surface area (Å²) in [7, 11) is 0. The van der Waals surface area contributed by atoms with Crippen molar-refractivity contribution in [2.75, 3.05) is 5.32 Å². The van der Waals surface area contributed by atoms with E-state index in [4.69, 9.17) is 16.3 Å². The molecule has 1 amide bonds. The lowest BCUT2D eigenvalue weighted by Gasteiger charge is -2.18. The molecule has 2 aromatic rings. The van der Waals surface area contributed by atoms with Crippen LogP contribution in [0.25, 0.3) is 0 Å². The van der Waals surface area contributed by atoms with Crippen LogP contribution in [0.5, 0.6) is 5.75 Å². The highest BCUT2D eigenvalue weighted by molar-refractivity contribution is 6.32. The van der Waals surface area contributed by atoms with Crippen LogP contribution in [-0.2, 0) is 4.79 Å². The van der Waals surface area contributed by atoms with Crippen LogP contribution in [0.4, 0.5) is 11.5 Å². The lowest BCUT2D eigenvalue weighted by Crippen LogP contribution is -2.31. The van der Waals surface area contributed by atoms with Crippen molar-refractivity contribution in [1.82, 2.24) is 9.78 Å². The zero-order valence-electron chi connectivity index (χ0n) is 14.1. The molecule has 9 heteroatoms. The molecule has 0 saturated carbocycles. The molecule has 8 nitrogen and oxygen atoms in total. The van der Waals surface area contributed by atoms with Crippen molar-refractivity contribution in [2.24, 2.45) is 0 Å². The number of nitrogens with zero attached hydrogens (tertiary/aromatic N) is 3. The Morgan fingerprint density at radius 3 is 2.76 bits per heavy atom. The summed E-state index contributed by atoms with van der Waals surface area (Å²) in [6.45, 7) is 5.59. The molecule has 25 heavy (non-hydrogen) atoms. The third-order valence-electron chi connectivity index (χ3n) is 3.73. The van der Waals surface area contributed by atoms with Crippen LogP contribution in [-0.4, -0.2) is 26.7 Å². The summed E-state index contributed by atoms with van der Waals surface area (Å²) < 4.78 is 7.25. The Morgan fingerprint density at radius 2 is 2.16 bits per heavy atom. The van der Waals surface area contributed by atoms with E-state index in [0.29, 0.717) is 5.82 Å². The van der Waals surface area contributed by atoms with Crippen molar-refractivity contribution < 1.29 is 14.5 Å². The molecule has 0 aliphatic carbocycles. The second-order valence-corrected chi connectivity index (χ2v) is 5.95. The number of aromatic nitrogens is 2. The van der Waals surface area contributed by atoms with Crippen LogP contribution < -0.4 is 10.1 Å². The van der Waals surface area contributed by atoms with Crippen molar-refractivity contribution in [2.45, 2.75) is 39.3 Å². The first-order valence-electron chi connectivity index (χ1n) is 7.78. The van der Waals surface area contributed by atoms with Gasteiger partial charge in [-0.1, -0.05) is 18.5 Å². The van der Waals surface area contributed by atoms with Gasteiger partial charge in [0, 0.05) is 18.2 Å². The van der Waals surface area contributed by atoms with E-state index in [9.17, 15) is 14.9 Å². The summed E-state index contributed by atoms with van der Waals surface area (Å²) in [6, 6.07) is 5.66. The van der Waals surface area contributed by atoms with E-state index >= 15 is 0 Å². The number of benzene rings is 1. The molecule has 0 fully saturated rings. The standard InChI is InChI=1S/C16H19ClN4O4/c1-4-10(2)20-15(7-8-18-20)19-16(22)11(3)25-14-6-5-12(21(23)24)9-13(14)17/h5-11H,4H2,1-3H3,(H,19,22)/t10-,11-/m0/s1. The second kappa shape index (κ2) is 7.98. The van der Waals surface area contributed by atoms with Crippen molar-refractivity contribution in [1.29, 1.82) is 0 Å². The maximum absolute atomic E-state index is 12.3. The van der Waals surface area contributed by atoms with Gasteiger partial charge in [-0.25, -0.2) is 4.68 Å². The lowest BCUT2D eigenvalue weighted by molar-refractivity contribution is -0.384. The Balaban J connectivity index is 2.06. The molecule has 0 saturated heterocycles. The fraction of sp³-hybridized carbons (Fsp3) is 0.375. The smallest absolute Gasteiger partial charge is 0.271 e. The van der Waals surface area contributed by atoms with Gasteiger partial charge in [-0.2, -0.15) is 5.10 Å². The van der Waals surface area contributed by atoms with Gasteiger partial charge in [-0.05, 0) is 26.3 Å². The minimum atomic E-state index is -0.848. The number of nitrogens with one attached hydrogen (secondary N) is 1. The average Bonchev–Trinajstić information content (AvgIpc) is 3.03. The predicted octanol–water partition coefficient (Wildman–Crippen LogP) is 3.82. The molecule has 0 unspecified atom stereocenters. The zero-order chi connectivity index (χ0) is 18.6. The van der Waals surface area contributed by atoms with Crippen LogP contribution >= 0.6 is 11.6 Å². The van der Waals surface area contributed by atoms with Crippen molar-refractivity contribution in [3.63, 3.8) is 0 Å². The molecular weight excluding hydrogens is 348 g/mol. The number of hydrogen-bond acceptors (Lipinski definition) is 5. The summed E-state index contributed by atoms with van der Waals surface area (Å²) in [5, 5.41) is 17.7. The fourth-order valence-corrected chi connectivity index (χ4v) is 2.33. The van der Waals surface area contributed by atoms with E-state index in [1.54, 1.807) is 23.9 Å². The van der Waals surface area contributed by atoms with Gasteiger partial charge in [0.25, 0.3) is 11.6 Å². The van der Waals surface area contributed by atoms with Gasteiger partial charge in [0.05, 0.1) is 22.2 Å². The fourth-order valence-electron chi connectivity index (χ4n) is 2.11. The maximum Gasteiger partial charge on any atom is 0.271 e. The summed E-state index contributed by atoms with van der Waals surface area (Å²) in [5.41, 5.74) is -0.146. The average molecular weight is 367 g/mol. The Labute approximate surface area is 149 Å². The van der Waals surface area contributed by atoms with Crippen molar-refractivity contribution >= 4 is 29.0 Å². The monoisotopic (exact) mass is 366 g/mol. The lowest BCUT2D eigenvalue weighted by atomic mass is 10.2. The van der Waals surface area contributed by atoms with Gasteiger partial charge >= 0.3 is 0 Å². The number of rotatable bonds is 7. The van der Waals surface area contributed by atoms with E-state index in [2.05, 4.69) is 10.4 Å². The number of nitro benzene ring substituents is 1. The summed E-state index contributed by atoms with van der Waals surface area (Å²) >= 11 is 5.98. The molecular formula is C16H19ClN4O4. The number of carbonyl (C=O) groups excluding carboxylic acids is 1. The van der Waals surface area contributed by atoms with Gasteiger partial charge in [-0.3, -0.25) is 14.9 Å². The van der Waals surface area contributed by atoms with E-state index in [0.717, 1.165) is 6.42 Å². The number of amides is 1.